The van der Waals surface area contributed by atoms with E-state index < -0.39 is 5.41 Å². The van der Waals surface area contributed by atoms with Crippen LogP contribution >= 0.6 is 0 Å². The van der Waals surface area contributed by atoms with E-state index in [0.717, 1.165) is 72.8 Å². The lowest BCUT2D eigenvalue weighted by Gasteiger charge is -2.30. The molecule has 2 aromatic heterocycles. The van der Waals surface area contributed by atoms with Gasteiger partial charge >= 0.3 is 0 Å². The highest BCUT2D eigenvalue weighted by atomic mass is 16.3. The maximum Gasteiger partial charge on any atom is 0.159 e. The first kappa shape index (κ1) is 36.8. The number of benzene rings is 9. The summed E-state index contributed by atoms with van der Waals surface area (Å²) in [5, 5.41) is 7.17. The minimum atomic E-state index is -0.601. The van der Waals surface area contributed by atoms with Gasteiger partial charge in [-0.1, -0.05) is 182 Å². The van der Waals surface area contributed by atoms with Crippen molar-refractivity contribution in [3.8, 4) is 22.4 Å². The molecule has 11 aromatic rings. The van der Waals surface area contributed by atoms with E-state index in [1.54, 1.807) is 0 Å². The predicted molar refractivity (Wildman–Crippen MR) is 270 cm³/mol. The number of rotatable bonds is 6. The van der Waals surface area contributed by atoms with Crippen molar-refractivity contribution in [3.05, 3.63) is 264 Å². The molecule has 3 aliphatic rings. The zero-order valence-electron chi connectivity index (χ0n) is 35.8. The van der Waals surface area contributed by atoms with Gasteiger partial charge in [-0.2, -0.15) is 0 Å². The van der Waals surface area contributed by atoms with Crippen LogP contribution in [0.25, 0.3) is 61.0 Å². The lowest BCUT2D eigenvalue weighted by Crippen LogP contribution is -2.31. The Labute approximate surface area is 381 Å². The quantitative estimate of drug-likeness (QED) is 0.181. The number of fused-ring (bicyclic) bond motifs is 15. The van der Waals surface area contributed by atoms with Crippen molar-refractivity contribution >= 4 is 61.6 Å². The molecule has 310 valence electrons. The molecule has 9 aromatic carbocycles. The molecule has 0 amide bonds. The highest BCUT2D eigenvalue weighted by Gasteiger charge is 2.54. The number of amidine groups is 1. The molecule has 1 N–H and O–H groups in total. The van der Waals surface area contributed by atoms with E-state index in [1.165, 1.54) is 44.5 Å². The summed E-state index contributed by atoms with van der Waals surface area (Å²) in [6, 6.07) is 80.7. The lowest BCUT2D eigenvalue weighted by atomic mass is 9.70. The molecule has 2 aliphatic carbocycles. The summed E-state index contributed by atoms with van der Waals surface area (Å²) in [6.45, 7) is 0. The van der Waals surface area contributed by atoms with Crippen LogP contribution in [0.4, 0.5) is 17.1 Å². The summed E-state index contributed by atoms with van der Waals surface area (Å²) >= 11 is 0. The van der Waals surface area contributed by atoms with Gasteiger partial charge in [0.25, 0.3) is 0 Å². The van der Waals surface area contributed by atoms with Gasteiger partial charge in [0, 0.05) is 44.2 Å². The number of nitrogens with zero attached hydrogens (tertiary/aromatic N) is 3. The van der Waals surface area contributed by atoms with Crippen molar-refractivity contribution in [3.63, 3.8) is 0 Å². The summed E-state index contributed by atoms with van der Waals surface area (Å²) in [6.07, 6.45) is 2.30. The van der Waals surface area contributed by atoms with E-state index in [0.29, 0.717) is 0 Å². The predicted octanol–water partition coefficient (Wildman–Crippen LogP) is 14.9. The third-order valence-corrected chi connectivity index (χ3v) is 14.0. The Balaban J connectivity index is 1.11. The first-order valence-electron chi connectivity index (χ1n) is 22.7. The van der Waals surface area contributed by atoms with E-state index >= 15 is 0 Å². The molecule has 5 heteroatoms. The lowest BCUT2D eigenvalue weighted by molar-refractivity contribution is 0.669. The number of hydrogen-bond acceptors (Lipinski definition) is 4. The third kappa shape index (κ3) is 5.14. The fourth-order valence-corrected chi connectivity index (χ4v) is 11.4. The SMILES string of the molecule is C1=C(n2c3c(c4cc(N(c5ccccc5)c5cccc6c5oc5ccccc56)ccc42)C2(c4ccccc4-c4ccccc42)c2ccccc2-3)N=C(c2ccccc2)NC1c1ccccc1. The van der Waals surface area contributed by atoms with Crippen molar-refractivity contribution in [2.45, 2.75) is 11.5 Å². The Kier molecular flexibility index (Phi) is 7.89. The van der Waals surface area contributed by atoms with Gasteiger partial charge in [-0.25, -0.2) is 4.99 Å². The molecule has 1 aliphatic heterocycles. The van der Waals surface area contributed by atoms with Crippen LogP contribution in [0.1, 0.15) is 39.4 Å². The third-order valence-electron chi connectivity index (χ3n) is 14.0. The molecular weight excluding hydrogens is 805 g/mol. The second kappa shape index (κ2) is 14.2. The summed E-state index contributed by atoms with van der Waals surface area (Å²) in [4.78, 5) is 7.95. The Morgan fingerprint density at radius 3 is 1.86 bits per heavy atom. The normalized spacial score (nSPS) is 15.2. The van der Waals surface area contributed by atoms with E-state index in [9.17, 15) is 0 Å². The topological polar surface area (TPSA) is 45.7 Å². The number of aromatic nitrogens is 1. The number of para-hydroxylation sites is 3. The second-order valence-corrected chi connectivity index (χ2v) is 17.5. The average molecular weight is 845 g/mol. The number of furan rings is 1. The van der Waals surface area contributed by atoms with Crippen molar-refractivity contribution in [2.75, 3.05) is 4.90 Å². The molecule has 0 saturated carbocycles. The minimum Gasteiger partial charge on any atom is -0.454 e. The highest BCUT2D eigenvalue weighted by molar-refractivity contribution is 6.12. The van der Waals surface area contributed by atoms with Crippen LogP contribution in [0, 0.1) is 0 Å². The minimum absolute atomic E-state index is 0.127. The van der Waals surface area contributed by atoms with Gasteiger partial charge in [-0.3, -0.25) is 4.57 Å². The molecule has 0 saturated heterocycles. The van der Waals surface area contributed by atoms with Gasteiger partial charge in [-0.05, 0) is 81.9 Å². The maximum atomic E-state index is 6.77. The van der Waals surface area contributed by atoms with Gasteiger partial charge in [-0.15, -0.1) is 0 Å². The zero-order chi connectivity index (χ0) is 43.3. The maximum absolute atomic E-state index is 6.77. The molecule has 0 fully saturated rings. The van der Waals surface area contributed by atoms with Crippen LogP contribution in [0.2, 0.25) is 0 Å². The molecule has 1 unspecified atom stereocenters. The Morgan fingerprint density at radius 1 is 0.515 bits per heavy atom. The van der Waals surface area contributed by atoms with Crippen LogP contribution in [0.15, 0.2) is 240 Å². The van der Waals surface area contributed by atoms with Crippen molar-refractivity contribution in [1.82, 2.24) is 9.88 Å². The standard InChI is InChI=1S/C61H40N4O/c1-4-19-39(20-5-1)52-38-56(63-60(62-52)40-21-6-2-7-22-40)65-53-36-35-42(64(41-23-8-3-9-24-41)54-33-18-29-46-45-27-13-17-34-55(45)66-59(46)54)37-48(53)57-58(65)47-28-12-16-32-51(47)61(57)49-30-14-10-25-43(49)44-26-11-15-31-50(44)61/h1-38,52H,(H,62,63). The fourth-order valence-electron chi connectivity index (χ4n) is 11.4. The molecular formula is C61H40N4O. The first-order valence-corrected chi connectivity index (χ1v) is 22.7. The summed E-state index contributed by atoms with van der Waals surface area (Å²) in [5.74, 6) is 1.71. The summed E-state index contributed by atoms with van der Waals surface area (Å²) in [5.41, 5.74) is 17.5. The van der Waals surface area contributed by atoms with E-state index in [-0.39, 0.29) is 6.04 Å². The average Bonchev–Trinajstić information content (AvgIpc) is 4.11. The van der Waals surface area contributed by atoms with Crippen LogP contribution in [-0.4, -0.2) is 10.4 Å². The highest BCUT2D eigenvalue weighted by Crippen LogP contribution is 2.65. The zero-order valence-corrected chi connectivity index (χ0v) is 35.8. The van der Waals surface area contributed by atoms with Crippen LogP contribution in [0.5, 0.6) is 0 Å². The van der Waals surface area contributed by atoms with Crippen LogP contribution in [-0.2, 0) is 5.41 Å². The summed E-state index contributed by atoms with van der Waals surface area (Å²) in [7, 11) is 0. The van der Waals surface area contributed by atoms with E-state index in [1.807, 2.05) is 6.07 Å². The molecule has 3 heterocycles. The molecule has 0 bridgehead atoms. The van der Waals surface area contributed by atoms with Gasteiger partial charge in [0.1, 0.15) is 17.2 Å². The largest absolute Gasteiger partial charge is 0.454 e. The van der Waals surface area contributed by atoms with Crippen molar-refractivity contribution in [1.29, 1.82) is 0 Å². The molecule has 1 atom stereocenters. The molecule has 14 rings (SSSR count). The second-order valence-electron chi connectivity index (χ2n) is 17.5. The molecule has 1 spiro atoms. The Bertz CT molecular complexity index is 3760. The Hall–Kier alpha value is -8.67. The van der Waals surface area contributed by atoms with Gasteiger partial charge < -0.3 is 14.6 Å². The number of aliphatic imine (C=N–C) groups is 1. The first-order chi connectivity index (χ1) is 32.8. The smallest absolute Gasteiger partial charge is 0.159 e. The summed E-state index contributed by atoms with van der Waals surface area (Å²) < 4.78 is 9.22. The number of hydrogen-bond donors (Lipinski definition) is 1. The Morgan fingerprint density at radius 2 is 1.12 bits per heavy atom. The van der Waals surface area contributed by atoms with E-state index in [4.69, 9.17) is 9.41 Å². The number of anilines is 3. The molecule has 66 heavy (non-hydrogen) atoms. The fraction of sp³-hybridized carbons (Fsp3) is 0.0328. The van der Waals surface area contributed by atoms with Gasteiger partial charge in [0.15, 0.2) is 5.58 Å². The van der Waals surface area contributed by atoms with Gasteiger partial charge in [0.05, 0.1) is 28.4 Å². The van der Waals surface area contributed by atoms with Gasteiger partial charge in [0.2, 0.25) is 0 Å². The number of nitrogens with one attached hydrogen (secondary N) is 1. The molecule has 5 nitrogen and oxygen atoms in total. The van der Waals surface area contributed by atoms with E-state index in [2.05, 4.69) is 239 Å². The monoisotopic (exact) mass is 844 g/mol. The van der Waals surface area contributed by atoms with Crippen LogP contribution in [0.3, 0.4) is 0 Å². The molecule has 0 radical (unpaired) electrons. The van der Waals surface area contributed by atoms with Crippen LogP contribution < -0.4 is 10.2 Å². The van der Waals surface area contributed by atoms with Crippen molar-refractivity contribution in [2.24, 2.45) is 4.99 Å². The van der Waals surface area contributed by atoms with Crippen molar-refractivity contribution < 1.29 is 4.42 Å².